The largest absolute Gasteiger partial charge is 0.494 e. The lowest BCUT2D eigenvalue weighted by molar-refractivity contribution is -0.0190. The van der Waals surface area contributed by atoms with Gasteiger partial charge in [0.2, 0.25) is 6.23 Å². The van der Waals surface area contributed by atoms with Crippen LogP contribution in [0.2, 0.25) is 10.0 Å². The van der Waals surface area contributed by atoms with Crippen molar-refractivity contribution in [2.45, 2.75) is 38.5 Å². The van der Waals surface area contributed by atoms with E-state index in [-0.39, 0.29) is 12.3 Å². The first kappa shape index (κ1) is 21.2. The number of fused-ring (bicyclic) bond motifs is 3. The average Bonchev–Trinajstić information content (AvgIpc) is 3.26. The van der Waals surface area contributed by atoms with Gasteiger partial charge in [0.1, 0.15) is 11.5 Å². The van der Waals surface area contributed by atoms with Gasteiger partial charge in [-0.2, -0.15) is 5.10 Å². The van der Waals surface area contributed by atoms with Crippen LogP contribution in [0.5, 0.6) is 11.5 Å². The molecule has 0 amide bonds. The van der Waals surface area contributed by atoms with E-state index in [0.717, 1.165) is 59.8 Å². The van der Waals surface area contributed by atoms with E-state index in [1.807, 2.05) is 54.6 Å². The van der Waals surface area contributed by atoms with E-state index < -0.39 is 0 Å². The van der Waals surface area contributed by atoms with Crippen molar-refractivity contribution in [3.8, 4) is 11.5 Å². The number of hydrazone groups is 1. The van der Waals surface area contributed by atoms with Gasteiger partial charge in [0.15, 0.2) is 0 Å². The summed E-state index contributed by atoms with van der Waals surface area (Å²) in [6.07, 6.45) is 2.60. The Morgan fingerprint density at radius 1 is 1.00 bits per heavy atom. The molecule has 5 rings (SSSR count). The summed E-state index contributed by atoms with van der Waals surface area (Å²) < 4.78 is 12.2. The first-order chi connectivity index (χ1) is 15.6. The molecule has 0 bridgehead atoms. The molecule has 4 nitrogen and oxygen atoms in total. The monoisotopic (exact) mass is 466 g/mol. The Bertz CT molecular complexity index is 1130. The lowest BCUT2D eigenvalue weighted by Crippen LogP contribution is -2.33. The Balaban J connectivity index is 1.48. The fraction of sp³-hybridized carbons (Fsp3) is 0.269. The molecular formula is C26H24Cl2N2O2. The van der Waals surface area contributed by atoms with Crippen LogP contribution in [0.3, 0.4) is 0 Å². The molecule has 0 saturated carbocycles. The van der Waals surface area contributed by atoms with Crippen molar-refractivity contribution in [3.63, 3.8) is 0 Å². The van der Waals surface area contributed by atoms with Crippen LogP contribution in [0.4, 0.5) is 0 Å². The molecule has 0 unspecified atom stereocenters. The molecular weight excluding hydrogens is 443 g/mol. The van der Waals surface area contributed by atoms with E-state index in [1.165, 1.54) is 0 Å². The summed E-state index contributed by atoms with van der Waals surface area (Å²) in [6, 6.07) is 21.8. The molecule has 3 aromatic rings. The molecule has 0 aliphatic carbocycles. The highest BCUT2D eigenvalue weighted by atomic mass is 35.5. The van der Waals surface area contributed by atoms with E-state index in [1.54, 1.807) is 0 Å². The Morgan fingerprint density at radius 3 is 2.50 bits per heavy atom. The maximum Gasteiger partial charge on any atom is 0.213 e. The van der Waals surface area contributed by atoms with Crippen molar-refractivity contribution >= 4 is 28.9 Å². The van der Waals surface area contributed by atoms with Gasteiger partial charge in [-0.05, 0) is 66.6 Å². The summed E-state index contributed by atoms with van der Waals surface area (Å²) in [4.78, 5) is 0. The van der Waals surface area contributed by atoms with Gasteiger partial charge in [0.25, 0.3) is 0 Å². The van der Waals surface area contributed by atoms with Gasteiger partial charge in [0.05, 0.1) is 18.4 Å². The van der Waals surface area contributed by atoms with E-state index in [9.17, 15) is 0 Å². The van der Waals surface area contributed by atoms with Crippen molar-refractivity contribution in [1.82, 2.24) is 5.01 Å². The van der Waals surface area contributed by atoms with E-state index >= 15 is 0 Å². The predicted octanol–water partition coefficient (Wildman–Crippen LogP) is 7.41. The molecule has 2 aliphatic heterocycles. The minimum Gasteiger partial charge on any atom is -0.494 e. The van der Waals surface area contributed by atoms with Crippen LogP contribution in [-0.2, 0) is 0 Å². The topological polar surface area (TPSA) is 34.1 Å². The van der Waals surface area contributed by atoms with Gasteiger partial charge in [-0.3, -0.25) is 0 Å². The molecule has 0 spiro atoms. The van der Waals surface area contributed by atoms with Gasteiger partial charge in [-0.25, -0.2) is 5.01 Å². The van der Waals surface area contributed by atoms with E-state index in [0.29, 0.717) is 10.0 Å². The number of rotatable bonds is 6. The predicted molar refractivity (Wildman–Crippen MR) is 129 cm³/mol. The molecule has 0 fully saturated rings. The molecule has 3 aromatic carbocycles. The SMILES string of the molecule is CCCCOc1ccc([C@H]2Oc3ccc(Cl)cc3[C@@H]3CC(c4ccc(Cl)cc4)=NN23)cc1. The Morgan fingerprint density at radius 2 is 1.75 bits per heavy atom. The van der Waals surface area contributed by atoms with Crippen LogP contribution >= 0.6 is 23.2 Å². The summed E-state index contributed by atoms with van der Waals surface area (Å²) in [5.41, 5.74) is 4.15. The van der Waals surface area contributed by atoms with Crippen molar-refractivity contribution in [2.75, 3.05) is 6.61 Å². The summed E-state index contributed by atoms with van der Waals surface area (Å²) in [5.74, 6) is 1.71. The molecule has 0 saturated heterocycles. The normalized spacial score (nSPS) is 19.1. The van der Waals surface area contributed by atoms with E-state index in [4.69, 9.17) is 37.8 Å². The molecule has 164 valence electrons. The highest BCUT2D eigenvalue weighted by molar-refractivity contribution is 6.31. The van der Waals surface area contributed by atoms with Gasteiger partial charge < -0.3 is 9.47 Å². The Hall–Kier alpha value is -2.69. The highest BCUT2D eigenvalue weighted by Crippen LogP contribution is 2.48. The zero-order valence-corrected chi connectivity index (χ0v) is 19.3. The molecule has 0 radical (unpaired) electrons. The van der Waals surface area contributed by atoms with Crippen LogP contribution in [-0.4, -0.2) is 17.3 Å². The molecule has 2 atom stereocenters. The minimum atomic E-state index is -0.330. The Labute approximate surface area is 198 Å². The van der Waals surface area contributed by atoms with Crippen LogP contribution in [0.15, 0.2) is 71.8 Å². The maximum atomic E-state index is 6.43. The molecule has 2 heterocycles. The number of hydrogen-bond donors (Lipinski definition) is 0. The number of benzene rings is 3. The third-order valence-corrected chi connectivity index (χ3v) is 6.35. The third kappa shape index (κ3) is 4.17. The Kier molecular flexibility index (Phi) is 5.99. The lowest BCUT2D eigenvalue weighted by atomic mass is 9.96. The average molecular weight is 467 g/mol. The van der Waals surface area contributed by atoms with Gasteiger partial charge in [-0.1, -0.05) is 48.7 Å². The van der Waals surface area contributed by atoms with Gasteiger partial charge in [-0.15, -0.1) is 0 Å². The zero-order chi connectivity index (χ0) is 22.1. The molecule has 2 aliphatic rings. The highest BCUT2D eigenvalue weighted by Gasteiger charge is 2.41. The first-order valence-electron chi connectivity index (χ1n) is 10.9. The molecule has 6 heteroatoms. The first-order valence-corrected chi connectivity index (χ1v) is 11.7. The molecule has 0 aromatic heterocycles. The second-order valence-corrected chi connectivity index (χ2v) is 8.95. The fourth-order valence-corrected chi connectivity index (χ4v) is 4.46. The van der Waals surface area contributed by atoms with Crippen molar-refractivity contribution in [1.29, 1.82) is 0 Å². The number of halogens is 2. The maximum absolute atomic E-state index is 6.43. The van der Waals surface area contributed by atoms with Crippen molar-refractivity contribution < 1.29 is 9.47 Å². The zero-order valence-electron chi connectivity index (χ0n) is 17.8. The van der Waals surface area contributed by atoms with Crippen LogP contribution < -0.4 is 9.47 Å². The summed E-state index contributed by atoms with van der Waals surface area (Å²) in [6.45, 7) is 2.88. The van der Waals surface area contributed by atoms with Crippen LogP contribution in [0.25, 0.3) is 0 Å². The summed E-state index contributed by atoms with van der Waals surface area (Å²) >= 11 is 12.4. The number of hydrogen-bond acceptors (Lipinski definition) is 4. The summed E-state index contributed by atoms with van der Waals surface area (Å²) in [5, 5.41) is 8.44. The van der Waals surface area contributed by atoms with Crippen LogP contribution in [0, 0.1) is 0 Å². The number of unbranched alkanes of at least 4 members (excludes halogenated alkanes) is 1. The van der Waals surface area contributed by atoms with Crippen molar-refractivity contribution in [3.05, 3.63) is 93.5 Å². The summed E-state index contributed by atoms with van der Waals surface area (Å²) in [7, 11) is 0. The second kappa shape index (κ2) is 9.05. The third-order valence-electron chi connectivity index (χ3n) is 5.86. The molecule has 32 heavy (non-hydrogen) atoms. The number of ether oxygens (including phenoxy) is 2. The van der Waals surface area contributed by atoms with Crippen LogP contribution in [0.1, 0.15) is 55.1 Å². The van der Waals surface area contributed by atoms with Gasteiger partial charge >= 0.3 is 0 Å². The van der Waals surface area contributed by atoms with Gasteiger partial charge in [0, 0.05) is 27.6 Å². The standard InChI is InChI=1S/C26H24Cl2N2O2/c1-2-3-14-31-21-11-6-18(7-12-21)26-30-24(22-15-20(28)10-13-25(22)32-26)16-23(29-30)17-4-8-19(27)9-5-17/h4-13,15,24,26H,2-3,14,16H2,1H3/t24-,26+/m0/s1. The van der Waals surface area contributed by atoms with Crippen molar-refractivity contribution in [2.24, 2.45) is 5.10 Å². The smallest absolute Gasteiger partial charge is 0.213 e. The fourth-order valence-electron chi connectivity index (χ4n) is 4.16. The second-order valence-electron chi connectivity index (χ2n) is 8.08. The molecule has 0 N–H and O–H groups in total. The minimum absolute atomic E-state index is 0.0496. The van der Waals surface area contributed by atoms with E-state index in [2.05, 4.69) is 24.1 Å². The lowest BCUT2D eigenvalue weighted by Gasteiger charge is -2.38. The quantitative estimate of drug-likeness (QED) is 0.354. The number of nitrogens with zero attached hydrogens (tertiary/aromatic N) is 2.